The van der Waals surface area contributed by atoms with E-state index in [1.54, 1.807) is 6.07 Å². The molecule has 0 radical (unpaired) electrons. The maximum Gasteiger partial charge on any atom is 0.255 e. The van der Waals surface area contributed by atoms with Crippen molar-refractivity contribution in [2.75, 3.05) is 11.1 Å². The van der Waals surface area contributed by atoms with Gasteiger partial charge in [0.2, 0.25) is 0 Å². The molecular weight excluding hydrogens is 384 g/mol. The summed E-state index contributed by atoms with van der Waals surface area (Å²) < 4.78 is 1.59. The zero-order valence-electron chi connectivity index (χ0n) is 10.9. The SMILES string of the molecule is CCc1ccc(C(=O)Nc2c(N)cc(Br)cc2Br)cc1. The summed E-state index contributed by atoms with van der Waals surface area (Å²) in [6.07, 6.45) is 0.951. The summed E-state index contributed by atoms with van der Waals surface area (Å²) >= 11 is 6.75. The summed E-state index contributed by atoms with van der Waals surface area (Å²) in [5.74, 6) is -0.178. The van der Waals surface area contributed by atoms with E-state index in [0.29, 0.717) is 16.9 Å². The molecule has 2 aromatic carbocycles. The summed E-state index contributed by atoms with van der Waals surface area (Å²) in [6.45, 7) is 2.08. The van der Waals surface area contributed by atoms with Crippen LogP contribution in [0.4, 0.5) is 11.4 Å². The summed E-state index contributed by atoms with van der Waals surface area (Å²) in [4.78, 5) is 12.2. The van der Waals surface area contributed by atoms with Gasteiger partial charge in [0, 0.05) is 14.5 Å². The molecule has 104 valence electrons. The molecule has 0 aliphatic rings. The fraction of sp³-hybridized carbons (Fsp3) is 0.133. The fourth-order valence-electron chi connectivity index (χ4n) is 1.80. The van der Waals surface area contributed by atoms with Crippen LogP contribution < -0.4 is 11.1 Å². The highest BCUT2D eigenvalue weighted by molar-refractivity contribution is 9.11. The summed E-state index contributed by atoms with van der Waals surface area (Å²) in [7, 11) is 0. The number of nitrogen functional groups attached to an aromatic ring is 1. The van der Waals surface area contributed by atoms with Gasteiger partial charge in [0.05, 0.1) is 11.4 Å². The number of rotatable bonds is 3. The van der Waals surface area contributed by atoms with Crippen LogP contribution in [0.15, 0.2) is 45.3 Å². The lowest BCUT2D eigenvalue weighted by Gasteiger charge is -2.11. The second-order valence-corrected chi connectivity index (χ2v) is 6.13. The summed E-state index contributed by atoms with van der Waals surface area (Å²) in [6, 6.07) is 11.1. The monoisotopic (exact) mass is 396 g/mol. The zero-order valence-corrected chi connectivity index (χ0v) is 14.1. The number of hydrogen-bond acceptors (Lipinski definition) is 2. The molecule has 0 atom stereocenters. The number of nitrogens with one attached hydrogen (secondary N) is 1. The minimum Gasteiger partial charge on any atom is -0.397 e. The van der Waals surface area contributed by atoms with E-state index in [0.717, 1.165) is 15.4 Å². The first-order chi connectivity index (χ1) is 9.51. The van der Waals surface area contributed by atoms with Crippen LogP contribution in [0.1, 0.15) is 22.8 Å². The van der Waals surface area contributed by atoms with Crippen molar-refractivity contribution in [2.45, 2.75) is 13.3 Å². The Kier molecular flexibility index (Phi) is 4.83. The van der Waals surface area contributed by atoms with Crippen LogP contribution in [0.25, 0.3) is 0 Å². The molecule has 0 fully saturated rings. The van der Waals surface area contributed by atoms with E-state index in [9.17, 15) is 4.79 Å². The minimum atomic E-state index is -0.178. The number of carbonyl (C=O) groups excluding carboxylic acids is 1. The van der Waals surface area contributed by atoms with E-state index >= 15 is 0 Å². The third kappa shape index (κ3) is 3.41. The second kappa shape index (κ2) is 6.41. The zero-order chi connectivity index (χ0) is 14.7. The van der Waals surface area contributed by atoms with E-state index in [2.05, 4.69) is 44.1 Å². The Morgan fingerprint density at radius 2 is 1.85 bits per heavy atom. The van der Waals surface area contributed by atoms with Gasteiger partial charge in [-0.1, -0.05) is 35.0 Å². The molecular formula is C15H14Br2N2O. The number of nitrogens with two attached hydrogens (primary N) is 1. The van der Waals surface area contributed by atoms with Crippen LogP contribution in [0.2, 0.25) is 0 Å². The van der Waals surface area contributed by atoms with Crippen LogP contribution in [-0.4, -0.2) is 5.91 Å². The third-order valence-corrected chi connectivity index (χ3v) is 4.03. The van der Waals surface area contributed by atoms with Crippen LogP contribution in [0, 0.1) is 0 Å². The molecule has 20 heavy (non-hydrogen) atoms. The van der Waals surface area contributed by atoms with Crippen molar-refractivity contribution in [3.05, 3.63) is 56.5 Å². The Hall–Kier alpha value is -1.33. The first-order valence-electron chi connectivity index (χ1n) is 6.16. The molecule has 1 amide bonds. The predicted molar refractivity (Wildman–Crippen MR) is 90.0 cm³/mol. The van der Waals surface area contributed by atoms with E-state index in [1.807, 2.05) is 30.3 Å². The van der Waals surface area contributed by atoms with Gasteiger partial charge in [-0.15, -0.1) is 0 Å². The number of benzene rings is 2. The number of carbonyl (C=O) groups is 1. The molecule has 2 rings (SSSR count). The van der Waals surface area contributed by atoms with Gasteiger partial charge in [-0.3, -0.25) is 4.79 Å². The quantitative estimate of drug-likeness (QED) is 0.743. The Morgan fingerprint density at radius 3 is 2.40 bits per heavy atom. The maximum atomic E-state index is 12.2. The molecule has 0 saturated carbocycles. The first kappa shape index (κ1) is 15.1. The highest BCUT2D eigenvalue weighted by Crippen LogP contribution is 2.32. The Bertz CT molecular complexity index is 616. The fourth-order valence-corrected chi connectivity index (χ4v) is 3.16. The lowest BCUT2D eigenvalue weighted by Crippen LogP contribution is -2.13. The number of amides is 1. The molecule has 3 N–H and O–H groups in total. The number of aryl methyl sites for hydroxylation is 1. The Balaban J connectivity index is 2.23. The van der Waals surface area contributed by atoms with Gasteiger partial charge < -0.3 is 11.1 Å². The molecule has 5 heteroatoms. The summed E-state index contributed by atoms with van der Waals surface area (Å²) in [5.41, 5.74) is 8.81. The van der Waals surface area contributed by atoms with Crippen LogP contribution >= 0.6 is 31.9 Å². The average molecular weight is 398 g/mol. The Morgan fingerprint density at radius 1 is 1.20 bits per heavy atom. The predicted octanol–water partition coefficient (Wildman–Crippen LogP) is 4.61. The van der Waals surface area contributed by atoms with Gasteiger partial charge in [-0.25, -0.2) is 0 Å². The molecule has 0 spiro atoms. The van der Waals surface area contributed by atoms with Crippen LogP contribution in [-0.2, 0) is 6.42 Å². The molecule has 0 aromatic heterocycles. The largest absolute Gasteiger partial charge is 0.397 e. The third-order valence-electron chi connectivity index (χ3n) is 2.95. The van der Waals surface area contributed by atoms with Gasteiger partial charge in [0.25, 0.3) is 5.91 Å². The van der Waals surface area contributed by atoms with Crippen molar-refractivity contribution < 1.29 is 4.79 Å². The van der Waals surface area contributed by atoms with Crippen molar-refractivity contribution >= 4 is 49.1 Å². The van der Waals surface area contributed by atoms with Crippen LogP contribution in [0.5, 0.6) is 0 Å². The first-order valence-corrected chi connectivity index (χ1v) is 7.74. The lowest BCUT2D eigenvalue weighted by atomic mass is 10.1. The molecule has 3 nitrogen and oxygen atoms in total. The summed E-state index contributed by atoms with van der Waals surface area (Å²) in [5, 5.41) is 2.83. The van der Waals surface area contributed by atoms with Gasteiger partial charge in [-0.05, 0) is 52.2 Å². The van der Waals surface area contributed by atoms with E-state index in [4.69, 9.17) is 5.73 Å². The highest BCUT2D eigenvalue weighted by atomic mass is 79.9. The molecule has 0 heterocycles. The smallest absolute Gasteiger partial charge is 0.255 e. The van der Waals surface area contributed by atoms with Gasteiger partial charge >= 0.3 is 0 Å². The van der Waals surface area contributed by atoms with Crippen molar-refractivity contribution in [2.24, 2.45) is 0 Å². The van der Waals surface area contributed by atoms with Gasteiger partial charge in [0.1, 0.15) is 0 Å². The van der Waals surface area contributed by atoms with Crippen molar-refractivity contribution in [1.29, 1.82) is 0 Å². The number of hydrogen-bond donors (Lipinski definition) is 2. The van der Waals surface area contributed by atoms with E-state index in [1.165, 1.54) is 5.56 Å². The van der Waals surface area contributed by atoms with Crippen molar-refractivity contribution in [3.63, 3.8) is 0 Å². The molecule has 0 unspecified atom stereocenters. The molecule has 0 aliphatic carbocycles. The van der Waals surface area contributed by atoms with Crippen molar-refractivity contribution in [3.8, 4) is 0 Å². The normalized spacial score (nSPS) is 10.3. The van der Waals surface area contributed by atoms with E-state index in [-0.39, 0.29) is 5.91 Å². The standard InChI is InChI=1S/C15H14Br2N2O/c1-2-9-3-5-10(6-4-9)15(20)19-14-12(17)7-11(16)8-13(14)18/h3-8H,2,18H2,1H3,(H,19,20). The van der Waals surface area contributed by atoms with Crippen LogP contribution in [0.3, 0.4) is 0 Å². The highest BCUT2D eigenvalue weighted by Gasteiger charge is 2.11. The van der Waals surface area contributed by atoms with Gasteiger partial charge in [-0.2, -0.15) is 0 Å². The molecule has 0 saturated heterocycles. The second-order valence-electron chi connectivity index (χ2n) is 4.36. The minimum absolute atomic E-state index is 0.178. The number of anilines is 2. The van der Waals surface area contributed by atoms with Gasteiger partial charge in [0.15, 0.2) is 0 Å². The maximum absolute atomic E-state index is 12.2. The topological polar surface area (TPSA) is 55.1 Å². The molecule has 0 aliphatic heterocycles. The lowest BCUT2D eigenvalue weighted by molar-refractivity contribution is 0.102. The average Bonchev–Trinajstić information content (AvgIpc) is 2.42. The Labute approximate surface area is 134 Å². The van der Waals surface area contributed by atoms with E-state index < -0.39 is 0 Å². The molecule has 2 aromatic rings. The van der Waals surface area contributed by atoms with Crippen molar-refractivity contribution in [1.82, 2.24) is 0 Å². The number of halogens is 2. The molecule has 0 bridgehead atoms.